The van der Waals surface area contributed by atoms with E-state index in [1.165, 1.54) is 24.1 Å². The first-order valence-electron chi connectivity index (χ1n) is 6.39. The molecule has 0 spiro atoms. The Kier molecular flexibility index (Phi) is 4.78. The normalized spacial score (nSPS) is 16.2. The topological polar surface area (TPSA) is 38.2 Å². The zero-order valence-electron chi connectivity index (χ0n) is 11.0. The van der Waals surface area contributed by atoms with Crippen LogP contribution in [0.2, 0.25) is 0 Å². The highest BCUT2D eigenvalue weighted by molar-refractivity contribution is 6.21. The molecule has 0 aliphatic heterocycles. The fraction of sp³-hybridized carbons (Fsp3) is 0.692. The fourth-order valence-electron chi connectivity index (χ4n) is 2.45. The van der Waals surface area contributed by atoms with Crippen molar-refractivity contribution in [2.75, 3.05) is 32.2 Å². The van der Waals surface area contributed by atoms with Crippen LogP contribution in [0.15, 0.2) is 6.33 Å². The average molecular weight is 270 g/mol. The third-order valence-electron chi connectivity index (χ3n) is 3.28. The first-order valence-corrected chi connectivity index (χ1v) is 6.83. The summed E-state index contributed by atoms with van der Waals surface area (Å²) in [6, 6.07) is 0. The van der Waals surface area contributed by atoms with Crippen LogP contribution in [0.1, 0.15) is 24.1 Å². The molecule has 0 amide bonds. The molecule has 0 saturated heterocycles. The molecule has 100 valence electrons. The number of aromatic nitrogens is 2. The van der Waals surface area contributed by atoms with Crippen LogP contribution in [0.25, 0.3) is 0 Å². The van der Waals surface area contributed by atoms with Gasteiger partial charge in [0.1, 0.15) is 12.1 Å². The summed E-state index contributed by atoms with van der Waals surface area (Å²) in [5.41, 5.74) is 2.50. The summed E-state index contributed by atoms with van der Waals surface area (Å²) in [5.74, 6) is 1.03. The molecule has 4 nitrogen and oxygen atoms in total. The van der Waals surface area contributed by atoms with E-state index in [1.807, 2.05) is 7.05 Å². The lowest BCUT2D eigenvalue weighted by Gasteiger charge is -2.26. The zero-order chi connectivity index (χ0) is 13.0. The molecule has 0 saturated carbocycles. The second kappa shape index (κ2) is 6.34. The van der Waals surface area contributed by atoms with Gasteiger partial charge in [-0.3, -0.25) is 0 Å². The molecule has 1 heterocycles. The molecule has 1 aliphatic carbocycles. The van der Waals surface area contributed by atoms with Gasteiger partial charge in [0.2, 0.25) is 0 Å². The number of rotatable bonds is 5. The quantitative estimate of drug-likeness (QED) is 0.767. The Balaban J connectivity index is 2.12. The summed E-state index contributed by atoms with van der Waals surface area (Å²) in [5, 5.41) is -0.0193. The molecule has 1 aromatic rings. The van der Waals surface area contributed by atoms with E-state index >= 15 is 0 Å². The van der Waals surface area contributed by atoms with Gasteiger partial charge in [-0.15, -0.1) is 11.6 Å². The Labute approximate surface area is 113 Å². The van der Waals surface area contributed by atoms with E-state index in [2.05, 4.69) is 14.9 Å². The smallest absolute Gasteiger partial charge is 0.135 e. The Morgan fingerprint density at radius 2 is 2.17 bits per heavy atom. The van der Waals surface area contributed by atoms with Crippen LogP contribution in [-0.2, 0) is 17.6 Å². The highest BCUT2D eigenvalue weighted by Crippen LogP contribution is 2.26. The lowest BCUT2D eigenvalue weighted by atomic mass is 9.96. The maximum atomic E-state index is 6.20. The summed E-state index contributed by atoms with van der Waals surface area (Å²) in [6.45, 7) is 1.29. The van der Waals surface area contributed by atoms with Crippen LogP contribution in [0.3, 0.4) is 0 Å². The van der Waals surface area contributed by atoms with Crippen LogP contribution in [-0.4, -0.2) is 42.7 Å². The number of aryl methyl sites for hydroxylation is 1. The Bertz CT molecular complexity index is 400. The molecule has 5 heteroatoms. The van der Waals surface area contributed by atoms with Gasteiger partial charge in [-0.1, -0.05) is 0 Å². The number of anilines is 1. The van der Waals surface area contributed by atoms with Crippen LogP contribution in [0, 0.1) is 0 Å². The lowest BCUT2D eigenvalue weighted by molar-refractivity contribution is 0.199. The Hall–Kier alpha value is -0.870. The van der Waals surface area contributed by atoms with Gasteiger partial charge in [0.25, 0.3) is 0 Å². The molecular weight excluding hydrogens is 250 g/mol. The number of ether oxygens (including phenoxy) is 1. The molecule has 18 heavy (non-hydrogen) atoms. The number of nitrogens with zero attached hydrogens (tertiary/aromatic N) is 3. The standard InChI is InChI=1S/C13H20ClN3O/c1-17(7-10(14)8-18-2)13-11-5-3-4-6-12(11)15-9-16-13/h9-10H,3-8H2,1-2H3. The predicted octanol–water partition coefficient (Wildman–Crippen LogP) is 2.05. The minimum absolute atomic E-state index is 0.0193. The van der Waals surface area contributed by atoms with Crippen molar-refractivity contribution in [1.82, 2.24) is 9.97 Å². The van der Waals surface area contributed by atoms with Gasteiger partial charge in [0.05, 0.1) is 12.0 Å². The van der Waals surface area contributed by atoms with Crippen molar-refractivity contribution in [2.24, 2.45) is 0 Å². The molecule has 1 unspecified atom stereocenters. The molecule has 0 aromatic carbocycles. The highest BCUT2D eigenvalue weighted by Gasteiger charge is 2.19. The molecule has 1 atom stereocenters. The lowest BCUT2D eigenvalue weighted by Crippen LogP contribution is -2.30. The van der Waals surface area contributed by atoms with Crippen LogP contribution in [0.5, 0.6) is 0 Å². The zero-order valence-corrected chi connectivity index (χ0v) is 11.8. The third kappa shape index (κ3) is 3.12. The minimum Gasteiger partial charge on any atom is -0.383 e. The molecule has 2 rings (SSSR count). The van der Waals surface area contributed by atoms with Crippen molar-refractivity contribution >= 4 is 17.4 Å². The SMILES string of the molecule is COCC(Cl)CN(C)c1ncnc2c1CCCC2. The molecule has 0 fully saturated rings. The van der Waals surface area contributed by atoms with Crippen molar-refractivity contribution in [3.8, 4) is 0 Å². The van der Waals surface area contributed by atoms with Crippen LogP contribution < -0.4 is 4.90 Å². The van der Waals surface area contributed by atoms with Gasteiger partial charge in [-0.25, -0.2) is 9.97 Å². The van der Waals surface area contributed by atoms with E-state index < -0.39 is 0 Å². The molecule has 0 bridgehead atoms. The Morgan fingerprint density at radius 3 is 2.94 bits per heavy atom. The molecular formula is C13H20ClN3O. The summed E-state index contributed by atoms with van der Waals surface area (Å²) < 4.78 is 5.06. The highest BCUT2D eigenvalue weighted by atomic mass is 35.5. The summed E-state index contributed by atoms with van der Waals surface area (Å²) in [4.78, 5) is 10.9. The average Bonchev–Trinajstić information content (AvgIpc) is 2.38. The molecule has 0 radical (unpaired) electrons. The monoisotopic (exact) mass is 269 g/mol. The molecule has 1 aliphatic rings. The van der Waals surface area contributed by atoms with E-state index in [4.69, 9.17) is 16.3 Å². The van der Waals surface area contributed by atoms with Crippen molar-refractivity contribution in [3.05, 3.63) is 17.6 Å². The van der Waals surface area contributed by atoms with Crippen molar-refractivity contribution < 1.29 is 4.74 Å². The maximum absolute atomic E-state index is 6.20. The number of halogens is 1. The van der Waals surface area contributed by atoms with E-state index in [1.54, 1.807) is 13.4 Å². The second-order valence-corrected chi connectivity index (χ2v) is 5.38. The fourth-order valence-corrected chi connectivity index (χ4v) is 2.78. The van der Waals surface area contributed by atoms with E-state index in [9.17, 15) is 0 Å². The van der Waals surface area contributed by atoms with E-state index in [0.29, 0.717) is 6.61 Å². The van der Waals surface area contributed by atoms with Crippen molar-refractivity contribution in [3.63, 3.8) is 0 Å². The van der Waals surface area contributed by atoms with Crippen molar-refractivity contribution in [2.45, 2.75) is 31.1 Å². The van der Waals surface area contributed by atoms with Gasteiger partial charge in [0.15, 0.2) is 0 Å². The summed E-state index contributed by atoms with van der Waals surface area (Å²) >= 11 is 6.20. The number of hydrogen-bond acceptors (Lipinski definition) is 4. The minimum atomic E-state index is -0.0193. The van der Waals surface area contributed by atoms with Crippen LogP contribution >= 0.6 is 11.6 Å². The number of fused-ring (bicyclic) bond motifs is 1. The largest absolute Gasteiger partial charge is 0.383 e. The van der Waals surface area contributed by atoms with Gasteiger partial charge in [-0.2, -0.15) is 0 Å². The van der Waals surface area contributed by atoms with Crippen molar-refractivity contribution in [1.29, 1.82) is 0 Å². The number of hydrogen-bond donors (Lipinski definition) is 0. The van der Waals surface area contributed by atoms with E-state index in [-0.39, 0.29) is 5.38 Å². The number of alkyl halides is 1. The van der Waals surface area contributed by atoms with Gasteiger partial charge < -0.3 is 9.64 Å². The van der Waals surface area contributed by atoms with Gasteiger partial charge in [0, 0.05) is 32.0 Å². The maximum Gasteiger partial charge on any atom is 0.135 e. The summed E-state index contributed by atoms with van der Waals surface area (Å²) in [7, 11) is 3.70. The van der Waals surface area contributed by atoms with Crippen LogP contribution in [0.4, 0.5) is 5.82 Å². The van der Waals surface area contributed by atoms with Gasteiger partial charge in [-0.05, 0) is 25.7 Å². The second-order valence-electron chi connectivity index (χ2n) is 4.76. The molecule has 0 N–H and O–H groups in total. The Morgan fingerprint density at radius 1 is 1.39 bits per heavy atom. The predicted molar refractivity (Wildman–Crippen MR) is 73.5 cm³/mol. The van der Waals surface area contributed by atoms with E-state index in [0.717, 1.165) is 25.2 Å². The first kappa shape index (κ1) is 13.6. The number of methoxy groups -OCH3 is 1. The summed E-state index contributed by atoms with van der Waals surface area (Å²) in [6.07, 6.45) is 6.27. The third-order valence-corrected chi connectivity index (χ3v) is 3.55. The first-order chi connectivity index (χ1) is 8.72. The van der Waals surface area contributed by atoms with Gasteiger partial charge >= 0.3 is 0 Å². The molecule has 1 aromatic heterocycles.